The Kier molecular flexibility index (Phi) is 8.37. The average Bonchev–Trinajstić information content (AvgIpc) is 2.56. The molecule has 0 radical (unpaired) electrons. The number of nitrogens with one attached hydrogen (secondary N) is 3. The van der Waals surface area contributed by atoms with Crippen LogP contribution in [0.4, 0.5) is 4.39 Å². The number of hydrogen-bond acceptors (Lipinski definition) is 5. The van der Waals surface area contributed by atoms with E-state index < -0.39 is 5.91 Å². The number of carbonyl (C=O) groups is 2. The SMILES string of the molecule is COC(=O)CCCNC(=S)NNC(=O)COc1ccc(F)cc1. The molecule has 0 aliphatic rings. The van der Waals surface area contributed by atoms with Gasteiger partial charge in [-0.2, -0.15) is 0 Å². The minimum atomic E-state index is -0.451. The van der Waals surface area contributed by atoms with Crippen LogP contribution in [0, 0.1) is 5.82 Å². The van der Waals surface area contributed by atoms with E-state index >= 15 is 0 Å². The average molecular weight is 343 g/mol. The molecule has 1 amide bonds. The standard InChI is InChI=1S/C14H18FN3O4S/c1-21-13(20)3-2-8-16-14(23)18-17-12(19)9-22-11-6-4-10(15)5-7-11/h4-7H,2-3,8-9H2,1H3,(H,17,19)(H2,16,18,23). The van der Waals surface area contributed by atoms with Gasteiger partial charge in [-0.1, -0.05) is 0 Å². The molecule has 1 aromatic carbocycles. The third kappa shape index (κ3) is 8.57. The number of thiocarbonyl (C=S) groups is 1. The lowest BCUT2D eigenvalue weighted by molar-refractivity contribution is -0.140. The van der Waals surface area contributed by atoms with Crippen LogP contribution in [-0.2, 0) is 14.3 Å². The van der Waals surface area contributed by atoms with Crippen LogP contribution >= 0.6 is 12.2 Å². The lowest BCUT2D eigenvalue weighted by Gasteiger charge is -2.11. The van der Waals surface area contributed by atoms with Crippen LogP contribution in [0.1, 0.15) is 12.8 Å². The number of rotatable bonds is 7. The predicted octanol–water partition coefficient (Wildman–Crippen LogP) is 0.653. The molecule has 126 valence electrons. The second-order valence-electron chi connectivity index (χ2n) is 4.35. The number of benzene rings is 1. The Morgan fingerprint density at radius 3 is 2.57 bits per heavy atom. The third-order valence-corrected chi connectivity index (χ3v) is 2.82. The van der Waals surface area contributed by atoms with Gasteiger partial charge in [-0.05, 0) is 42.9 Å². The maximum absolute atomic E-state index is 12.7. The first-order chi connectivity index (χ1) is 11.0. The van der Waals surface area contributed by atoms with Crippen molar-refractivity contribution in [2.24, 2.45) is 0 Å². The molecule has 0 aliphatic heterocycles. The first kappa shape index (κ1) is 18.6. The summed E-state index contributed by atoms with van der Waals surface area (Å²) in [4.78, 5) is 22.4. The van der Waals surface area contributed by atoms with Gasteiger partial charge in [0.25, 0.3) is 5.91 Å². The Bertz CT molecular complexity index is 539. The normalized spacial score (nSPS) is 9.65. The minimum absolute atomic E-state index is 0.213. The van der Waals surface area contributed by atoms with Crippen LogP contribution in [-0.4, -0.2) is 37.3 Å². The Morgan fingerprint density at radius 1 is 1.22 bits per heavy atom. The van der Waals surface area contributed by atoms with Crippen molar-refractivity contribution >= 4 is 29.2 Å². The van der Waals surface area contributed by atoms with Crippen molar-refractivity contribution in [3.8, 4) is 5.75 Å². The minimum Gasteiger partial charge on any atom is -0.484 e. The number of methoxy groups -OCH3 is 1. The zero-order valence-electron chi connectivity index (χ0n) is 12.6. The highest BCUT2D eigenvalue weighted by Gasteiger charge is 2.04. The summed E-state index contributed by atoms with van der Waals surface area (Å²) in [5.41, 5.74) is 4.84. The second-order valence-corrected chi connectivity index (χ2v) is 4.76. The summed E-state index contributed by atoms with van der Waals surface area (Å²) in [5.74, 6) is -0.748. The van der Waals surface area contributed by atoms with Gasteiger partial charge in [0.15, 0.2) is 11.7 Å². The molecule has 0 bridgehead atoms. The first-order valence-corrected chi connectivity index (χ1v) is 7.20. The molecule has 1 rings (SSSR count). The summed E-state index contributed by atoms with van der Waals surface area (Å²) in [7, 11) is 1.32. The molecule has 0 heterocycles. The number of carbonyl (C=O) groups excluding carboxylic acids is 2. The van der Waals surface area contributed by atoms with Crippen molar-refractivity contribution in [1.82, 2.24) is 16.2 Å². The van der Waals surface area contributed by atoms with E-state index in [0.717, 1.165) is 0 Å². The van der Waals surface area contributed by atoms with E-state index in [1.807, 2.05) is 0 Å². The van der Waals surface area contributed by atoms with Gasteiger partial charge in [0, 0.05) is 13.0 Å². The number of hydrazine groups is 1. The zero-order valence-corrected chi connectivity index (χ0v) is 13.4. The highest BCUT2D eigenvalue weighted by molar-refractivity contribution is 7.80. The van der Waals surface area contributed by atoms with Gasteiger partial charge in [0.05, 0.1) is 7.11 Å². The largest absolute Gasteiger partial charge is 0.484 e. The first-order valence-electron chi connectivity index (χ1n) is 6.79. The quantitative estimate of drug-likeness (QED) is 0.290. The van der Waals surface area contributed by atoms with Crippen LogP contribution in [0.5, 0.6) is 5.75 Å². The molecule has 0 aromatic heterocycles. The molecule has 3 N–H and O–H groups in total. The Morgan fingerprint density at radius 2 is 1.91 bits per heavy atom. The number of esters is 1. The second kappa shape index (κ2) is 10.3. The predicted molar refractivity (Wildman–Crippen MR) is 85.0 cm³/mol. The Labute approximate surface area is 138 Å². The van der Waals surface area contributed by atoms with Gasteiger partial charge in [-0.3, -0.25) is 20.4 Å². The lowest BCUT2D eigenvalue weighted by atomic mass is 10.3. The number of amides is 1. The van der Waals surface area contributed by atoms with E-state index in [1.54, 1.807) is 0 Å². The maximum atomic E-state index is 12.7. The maximum Gasteiger partial charge on any atom is 0.305 e. The topological polar surface area (TPSA) is 88.7 Å². The summed E-state index contributed by atoms with van der Waals surface area (Å²) in [5, 5.41) is 3.03. The van der Waals surface area contributed by atoms with Gasteiger partial charge in [-0.25, -0.2) is 4.39 Å². The summed E-state index contributed by atoms with van der Waals surface area (Å²) in [6.45, 7) is 0.215. The van der Waals surface area contributed by atoms with Crippen LogP contribution in [0.15, 0.2) is 24.3 Å². The van der Waals surface area contributed by atoms with Crippen molar-refractivity contribution < 1.29 is 23.5 Å². The van der Waals surface area contributed by atoms with Crippen molar-refractivity contribution in [2.75, 3.05) is 20.3 Å². The Hall–Kier alpha value is -2.42. The van der Waals surface area contributed by atoms with E-state index in [2.05, 4.69) is 20.9 Å². The molecular formula is C14H18FN3O4S. The number of ether oxygens (including phenoxy) is 2. The molecular weight excluding hydrogens is 325 g/mol. The van der Waals surface area contributed by atoms with E-state index in [-0.39, 0.29) is 29.9 Å². The highest BCUT2D eigenvalue weighted by Crippen LogP contribution is 2.10. The fourth-order valence-electron chi connectivity index (χ4n) is 1.42. The fraction of sp³-hybridized carbons (Fsp3) is 0.357. The van der Waals surface area contributed by atoms with Crippen molar-refractivity contribution in [3.05, 3.63) is 30.1 Å². The summed E-state index contributed by atoms with van der Waals surface area (Å²) < 4.78 is 22.4. The van der Waals surface area contributed by atoms with Crippen molar-refractivity contribution in [2.45, 2.75) is 12.8 Å². The molecule has 1 aromatic rings. The van der Waals surface area contributed by atoms with E-state index in [0.29, 0.717) is 18.7 Å². The van der Waals surface area contributed by atoms with Gasteiger partial charge >= 0.3 is 5.97 Å². The zero-order chi connectivity index (χ0) is 17.1. The monoisotopic (exact) mass is 343 g/mol. The summed E-state index contributed by atoms with van der Waals surface area (Å²) >= 11 is 4.94. The van der Waals surface area contributed by atoms with Gasteiger partial charge in [-0.15, -0.1) is 0 Å². The van der Waals surface area contributed by atoms with Crippen LogP contribution in [0.25, 0.3) is 0 Å². The van der Waals surface area contributed by atoms with E-state index in [1.165, 1.54) is 31.4 Å². The van der Waals surface area contributed by atoms with Crippen molar-refractivity contribution in [1.29, 1.82) is 0 Å². The molecule has 23 heavy (non-hydrogen) atoms. The molecule has 0 atom stereocenters. The summed E-state index contributed by atoms with van der Waals surface area (Å²) in [6.07, 6.45) is 0.833. The molecule has 7 nitrogen and oxygen atoms in total. The molecule has 0 aliphatic carbocycles. The van der Waals surface area contributed by atoms with E-state index in [4.69, 9.17) is 17.0 Å². The van der Waals surface area contributed by atoms with Gasteiger partial charge < -0.3 is 14.8 Å². The summed E-state index contributed by atoms with van der Waals surface area (Å²) in [6, 6.07) is 5.31. The van der Waals surface area contributed by atoms with Crippen LogP contribution in [0.3, 0.4) is 0 Å². The molecule has 9 heteroatoms. The van der Waals surface area contributed by atoms with E-state index in [9.17, 15) is 14.0 Å². The molecule has 0 unspecified atom stereocenters. The van der Waals surface area contributed by atoms with Gasteiger partial charge in [0.1, 0.15) is 11.6 Å². The van der Waals surface area contributed by atoms with Crippen molar-refractivity contribution in [3.63, 3.8) is 0 Å². The van der Waals surface area contributed by atoms with Gasteiger partial charge in [0.2, 0.25) is 0 Å². The Balaban J connectivity index is 2.11. The van der Waals surface area contributed by atoms with Crippen LogP contribution in [0.2, 0.25) is 0 Å². The van der Waals surface area contributed by atoms with Crippen LogP contribution < -0.4 is 20.9 Å². The highest BCUT2D eigenvalue weighted by atomic mass is 32.1. The molecule has 0 saturated carbocycles. The lowest BCUT2D eigenvalue weighted by Crippen LogP contribution is -2.48. The molecule has 0 saturated heterocycles. The fourth-order valence-corrected chi connectivity index (χ4v) is 1.58. The number of halogens is 1. The molecule has 0 spiro atoms. The number of hydrogen-bond donors (Lipinski definition) is 3. The third-order valence-electron chi connectivity index (χ3n) is 2.57. The molecule has 0 fully saturated rings. The smallest absolute Gasteiger partial charge is 0.305 e.